The van der Waals surface area contributed by atoms with E-state index in [1.165, 1.54) is 24.4 Å². The first-order chi connectivity index (χ1) is 9.58. The summed E-state index contributed by atoms with van der Waals surface area (Å²) in [5.41, 5.74) is 2.46. The normalized spacial score (nSPS) is 10.7. The number of hydrogen-bond donors (Lipinski definition) is 1. The first-order valence-corrected chi connectivity index (χ1v) is 5.71. The van der Waals surface area contributed by atoms with E-state index in [2.05, 4.69) is 10.5 Å². The molecular weight excluding hydrogens is 262 g/mol. The van der Waals surface area contributed by atoms with Crippen molar-refractivity contribution >= 4 is 17.8 Å². The van der Waals surface area contributed by atoms with Gasteiger partial charge in [0.1, 0.15) is 5.76 Å². The number of nitrogens with one attached hydrogen (secondary N) is 1. The summed E-state index contributed by atoms with van der Waals surface area (Å²) in [5.74, 6) is 0.216. The number of rotatable bonds is 4. The fourth-order valence-corrected chi connectivity index (χ4v) is 1.54. The summed E-state index contributed by atoms with van der Waals surface area (Å²) in [6, 6.07) is 9.27. The highest BCUT2D eigenvalue weighted by molar-refractivity contribution is 5.93. The van der Waals surface area contributed by atoms with E-state index >= 15 is 0 Å². The Hall–Kier alpha value is -2.96. The van der Waals surface area contributed by atoms with Crippen molar-refractivity contribution < 1.29 is 14.1 Å². The van der Waals surface area contributed by atoms with Gasteiger partial charge in [-0.2, -0.15) is 5.10 Å². The smallest absolute Gasteiger partial charge is 0.307 e. The third kappa shape index (κ3) is 3.08. The van der Waals surface area contributed by atoms with Crippen LogP contribution in [0.25, 0.3) is 0 Å². The van der Waals surface area contributed by atoms with Crippen molar-refractivity contribution in [3.63, 3.8) is 0 Å². The Labute approximate surface area is 114 Å². The first kappa shape index (κ1) is 13.5. The highest BCUT2D eigenvalue weighted by Gasteiger charge is 2.11. The van der Waals surface area contributed by atoms with Gasteiger partial charge in [0.15, 0.2) is 5.76 Å². The molecule has 0 aliphatic carbocycles. The van der Waals surface area contributed by atoms with Crippen LogP contribution in [-0.2, 0) is 0 Å². The number of hydrogen-bond acceptors (Lipinski definition) is 5. The lowest BCUT2D eigenvalue weighted by atomic mass is 10.2. The molecule has 1 aromatic carbocycles. The van der Waals surface area contributed by atoms with E-state index in [1.807, 2.05) is 0 Å². The molecule has 0 saturated heterocycles. The van der Waals surface area contributed by atoms with E-state index in [9.17, 15) is 14.9 Å². The Balaban J connectivity index is 2.07. The third-order valence-corrected chi connectivity index (χ3v) is 2.47. The largest absolute Gasteiger partial charge is 0.456 e. The van der Waals surface area contributed by atoms with Crippen molar-refractivity contribution in [2.45, 2.75) is 6.92 Å². The zero-order chi connectivity index (χ0) is 14.5. The SMILES string of the molecule is Cc1ccc(C(=O)N/N=C/c2ccccc2[N+](=O)[O-])o1. The highest BCUT2D eigenvalue weighted by Crippen LogP contribution is 2.15. The first-order valence-electron chi connectivity index (χ1n) is 5.71. The minimum Gasteiger partial charge on any atom is -0.456 e. The van der Waals surface area contributed by atoms with Gasteiger partial charge in [0, 0.05) is 6.07 Å². The molecule has 0 aliphatic rings. The minimum atomic E-state index is -0.520. The van der Waals surface area contributed by atoms with Crippen molar-refractivity contribution in [1.82, 2.24) is 5.43 Å². The van der Waals surface area contributed by atoms with Crippen LogP contribution >= 0.6 is 0 Å². The van der Waals surface area contributed by atoms with E-state index in [1.54, 1.807) is 25.1 Å². The van der Waals surface area contributed by atoms with Crippen LogP contribution in [0.4, 0.5) is 5.69 Å². The number of furan rings is 1. The quantitative estimate of drug-likeness (QED) is 0.524. The molecule has 7 nitrogen and oxygen atoms in total. The number of carbonyl (C=O) groups is 1. The van der Waals surface area contributed by atoms with Crippen LogP contribution in [0.1, 0.15) is 21.9 Å². The zero-order valence-corrected chi connectivity index (χ0v) is 10.6. The molecular formula is C13H11N3O4. The average Bonchev–Trinajstić information content (AvgIpc) is 2.86. The van der Waals surface area contributed by atoms with Crippen molar-refractivity contribution in [3.8, 4) is 0 Å². The van der Waals surface area contributed by atoms with E-state index in [4.69, 9.17) is 4.42 Å². The monoisotopic (exact) mass is 273 g/mol. The second kappa shape index (κ2) is 5.79. The van der Waals surface area contributed by atoms with Crippen molar-refractivity contribution in [3.05, 3.63) is 63.6 Å². The van der Waals surface area contributed by atoms with Gasteiger partial charge in [0.25, 0.3) is 5.69 Å². The van der Waals surface area contributed by atoms with Crippen molar-refractivity contribution in [2.24, 2.45) is 5.10 Å². The molecule has 0 atom stereocenters. The number of carbonyl (C=O) groups excluding carboxylic acids is 1. The molecule has 0 unspecified atom stereocenters. The number of para-hydroxylation sites is 1. The highest BCUT2D eigenvalue weighted by atomic mass is 16.6. The average molecular weight is 273 g/mol. The molecule has 102 valence electrons. The van der Waals surface area contributed by atoms with Crippen LogP contribution in [0.15, 0.2) is 45.9 Å². The molecule has 2 rings (SSSR count). The van der Waals surface area contributed by atoms with Gasteiger partial charge < -0.3 is 4.42 Å². The molecule has 1 N–H and O–H groups in total. The predicted octanol–water partition coefficient (Wildman–Crippen LogP) is 2.26. The molecule has 20 heavy (non-hydrogen) atoms. The van der Waals surface area contributed by atoms with Crippen molar-refractivity contribution in [1.29, 1.82) is 0 Å². The van der Waals surface area contributed by atoms with E-state index in [-0.39, 0.29) is 11.4 Å². The van der Waals surface area contributed by atoms with Gasteiger partial charge in [-0.25, -0.2) is 5.43 Å². The maximum atomic E-state index is 11.6. The summed E-state index contributed by atoms with van der Waals surface area (Å²) in [5, 5.41) is 14.5. The lowest BCUT2D eigenvalue weighted by Crippen LogP contribution is -2.16. The summed E-state index contributed by atoms with van der Waals surface area (Å²) in [7, 11) is 0. The van der Waals surface area contributed by atoms with Crippen LogP contribution in [0.5, 0.6) is 0 Å². The Kier molecular flexibility index (Phi) is 3.90. The molecule has 0 spiro atoms. The van der Waals surface area contributed by atoms with Crippen LogP contribution < -0.4 is 5.43 Å². The zero-order valence-electron chi connectivity index (χ0n) is 10.6. The van der Waals surface area contributed by atoms with Gasteiger partial charge in [-0.05, 0) is 25.1 Å². The fourth-order valence-electron chi connectivity index (χ4n) is 1.54. The second-order valence-electron chi connectivity index (χ2n) is 3.93. The molecule has 0 aliphatic heterocycles. The number of aryl methyl sites for hydroxylation is 1. The Bertz CT molecular complexity index is 676. The van der Waals surface area contributed by atoms with E-state index in [0.717, 1.165) is 0 Å². The molecule has 1 aromatic heterocycles. The van der Waals surface area contributed by atoms with Gasteiger partial charge in [0.05, 0.1) is 16.7 Å². The van der Waals surface area contributed by atoms with Crippen LogP contribution in [-0.4, -0.2) is 17.0 Å². The summed E-state index contributed by atoms with van der Waals surface area (Å²) in [6.45, 7) is 1.72. The number of benzene rings is 1. The standard InChI is InChI=1S/C13H11N3O4/c1-9-6-7-12(20-9)13(17)15-14-8-10-4-2-3-5-11(10)16(18)19/h2-8H,1H3,(H,15,17)/b14-8+. The topological polar surface area (TPSA) is 97.7 Å². The van der Waals surface area contributed by atoms with Crippen molar-refractivity contribution in [2.75, 3.05) is 0 Å². The maximum absolute atomic E-state index is 11.6. The fraction of sp³-hybridized carbons (Fsp3) is 0.0769. The van der Waals surface area contributed by atoms with Crippen LogP contribution in [0, 0.1) is 17.0 Å². The molecule has 1 heterocycles. The summed E-state index contributed by atoms with van der Waals surface area (Å²) >= 11 is 0. The lowest BCUT2D eigenvalue weighted by Gasteiger charge is -1.97. The predicted molar refractivity (Wildman–Crippen MR) is 71.6 cm³/mol. The summed E-state index contributed by atoms with van der Waals surface area (Å²) in [6.07, 6.45) is 1.21. The molecule has 1 amide bonds. The van der Waals surface area contributed by atoms with Gasteiger partial charge >= 0.3 is 5.91 Å². The van der Waals surface area contributed by atoms with E-state index < -0.39 is 10.8 Å². The maximum Gasteiger partial charge on any atom is 0.307 e. The molecule has 2 aromatic rings. The number of nitro benzene ring substituents is 1. The molecule has 0 radical (unpaired) electrons. The summed E-state index contributed by atoms with van der Waals surface area (Å²) < 4.78 is 5.12. The second-order valence-corrected chi connectivity index (χ2v) is 3.93. The molecule has 7 heteroatoms. The molecule has 0 bridgehead atoms. The number of amides is 1. The Morgan fingerprint density at radius 1 is 1.35 bits per heavy atom. The minimum absolute atomic E-state index is 0.0839. The van der Waals surface area contributed by atoms with E-state index in [0.29, 0.717) is 11.3 Å². The van der Waals surface area contributed by atoms with Crippen LogP contribution in [0.3, 0.4) is 0 Å². The van der Waals surface area contributed by atoms with Crippen LogP contribution in [0.2, 0.25) is 0 Å². The number of nitrogens with zero attached hydrogens (tertiary/aromatic N) is 2. The molecule has 0 fully saturated rings. The van der Waals surface area contributed by atoms with Gasteiger partial charge in [-0.3, -0.25) is 14.9 Å². The number of hydrazone groups is 1. The Morgan fingerprint density at radius 3 is 2.75 bits per heavy atom. The lowest BCUT2D eigenvalue weighted by molar-refractivity contribution is -0.385. The Morgan fingerprint density at radius 2 is 2.10 bits per heavy atom. The van der Waals surface area contributed by atoms with Gasteiger partial charge in [-0.1, -0.05) is 12.1 Å². The molecule has 0 saturated carbocycles. The van der Waals surface area contributed by atoms with Gasteiger partial charge in [-0.15, -0.1) is 0 Å². The summed E-state index contributed by atoms with van der Waals surface area (Å²) in [4.78, 5) is 21.9. The van der Waals surface area contributed by atoms with Gasteiger partial charge in [0.2, 0.25) is 0 Å². The third-order valence-electron chi connectivity index (χ3n) is 2.47. The number of nitro groups is 1.